The van der Waals surface area contributed by atoms with Crippen LogP contribution in [-0.2, 0) is 0 Å². The quantitative estimate of drug-likeness (QED) is 0.485. The third-order valence-electron chi connectivity index (χ3n) is 4.60. The van der Waals surface area contributed by atoms with Crippen molar-refractivity contribution in [3.05, 3.63) is 66.6 Å². The SMILES string of the molecule is Cc1cnc(Nc2ccc3ccncc3c2)nc1Nc1ccc2c(c1)NCO2. The number of ether oxygens (including phenoxy) is 1. The molecule has 0 aliphatic carbocycles. The van der Waals surface area contributed by atoms with Crippen LogP contribution in [0.1, 0.15) is 5.56 Å². The van der Waals surface area contributed by atoms with Crippen LogP contribution in [0, 0.1) is 6.92 Å². The smallest absolute Gasteiger partial charge is 0.229 e. The lowest BCUT2D eigenvalue weighted by atomic mass is 10.1. The molecule has 0 bridgehead atoms. The Morgan fingerprint density at radius 3 is 2.82 bits per heavy atom. The summed E-state index contributed by atoms with van der Waals surface area (Å²) in [6.45, 7) is 2.48. The molecule has 3 heterocycles. The van der Waals surface area contributed by atoms with Crippen LogP contribution in [0.5, 0.6) is 5.75 Å². The summed E-state index contributed by atoms with van der Waals surface area (Å²) in [5, 5.41) is 12.0. The van der Waals surface area contributed by atoms with Crippen molar-refractivity contribution in [3.63, 3.8) is 0 Å². The van der Waals surface area contributed by atoms with Gasteiger partial charge in [-0.2, -0.15) is 4.98 Å². The minimum absolute atomic E-state index is 0.501. The summed E-state index contributed by atoms with van der Waals surface area (Å²) in [5.41, 5.74) is 3.77. The highest BCUT2D eigenvalue weighted by molar-refractivity contribution is 5.85. The average molecular weight is 370 g/mol. The molecule has 3 N–H and O–H groups in total. The predicted molar refractivity (Wildman–Crippen MR) is 111 cm³/mol. The third-order valence-corrected chi connectivity index (χ3v) is 4.60. The predicted octanol–water partition coefficient (Wildman–Crippen LogP) is 4.58. The van der Waals surface area contributed by atoms with Crippen molar-refractivity contribution < 1.29 is 4.74 Å². The van der Waals surface area contributed by atoms with Crippen molar-refractivity contribution in [2.24, 2.45) is 0 Å². The van der Waals surface area contributed by atoms with Gasteiger partial charge >= 0.3 is 0 Å². The average Bonchev–Trinajstić information content (AvgIpc) is 3.18. The second-order valence-electron chi connectivity index (χ2n) is 6.59. The highest BCUT2D eigenvalue weighted by Gasteiger charge is 2.12. The van der Waals surface area contributed by atoms with Crippen LogP contribution in [0.25, 0.3) is 10.8 Å². The maximum atomic E-state index is 5.46. The van der Waals surface area contributed by atoms with Crippen molar-refractivity contribution >= 4 is 39.6 Å². The van der Waals surface area contributed by atoms with Crippen molar-refractivity contribution in [3.8, 4) is 5.75 Å². The van der Waals surface area contributed by atoms with Gasteiger partial charge in [0.2, 0.25) is 5.95 Å². The van der Waals surface area contributed by atoms with Crippen molar-refractivity contribution in [1.29, 1.82) is 0 Å². The number of rotatable bonds is 4. The largest absolute Gasteiger partial charge is 0.471 e. The van der Waals surface area contributed by atoms with Gasteiger partial charge in [0.1, 0.15) is 11.6 Å². The van der Waals surface area contributed by atoms with Crippen molar-refractivity contribution in [2.45, 2.75) is 6.92 Å². The molecule has 2 aromatic carbocycles. The lowest BCUT2D eigenvalue weighted by Gasteiger charge is -2.12. The second kappa shape index (κ2) is 6.70. The Kier molecular flexibility index (Phi) is 3.90. The van der Waals surface area contributed by atoms with E-state index in [-0.39, 0.29) is 0 Å². The summed E-state index contributed by atoms with van der Waals surface area (Å²) in [6.07, 6.45) is 5.43. The van der Waals surface area contributed by atoms with E-state index in [0.29, 0.717) is 12.7 Å². The number of aryl methyl sites for hydroxylation is 1. The van der Waals surface area contributed by atoms with Crippen molar-refractivity contribution in [2.75, 3.05) is 22.7 Å². The van der Waals surface area contributed by atoms with E-state index < -0.39 is 0 Å². The van der Waals surface area contributed by atoms with Gasteiger partial charge in [-0.1, -0.05) is 6.07 Å². The monoisotopic (exact) mass is 370 g/mol. The van der Waals surface area contributed by atoms with Gasteiger partial charge in [-0.3, -0.25) is 4.98 Å². The molecule has 0 spiro atoms. The number of nitrogens with zero attached hydrogens (tertiary/aromatic N) is 3. The molecule has 28 heavy (non-hydrogen) atoms. The van der Waals surface area contributed by atoms with Gasteiger partial charge < -0.3 is 20.7 Å². The van der Waals surface area contributed by atoms with Crippen LogP contribution in [-0.4, -0.2) is 21.7 Å². The Morgan fingerprint density at radius 2 is 1.86 bits per heavy atom. The molecule has 0 amide bonds. The fraction of sp³-hybridized carbons (Fsp3) is 0.0952. The molecule has 7 heteroatoms. The highest BCUT2D eigenvalue weighted by atomic mass is 16.5. The van der Waals surface area contributed by atoms with E-state index in [9.17, 15) is 0 Å². The van der Waals surface area contributed by atoms with Gasteiger partial charge in [0.25, 0.3) is 0 Å². The summed E-state index contributed by atoms with van der Waals surface area (Å²) in [4.78, 5) is 13.2. The summed E-state index contributed by atoms with van der Waals surface area (Å²) < 4.78 is 5.46. The zero-order valence-electron chi connectivity index (χ0n) is 15.2. The normalized spacial score (nSPS) is 12.2. The van der Waals surface area contributed by atoms with Crippen LogP contribution in [0.3, 0.4) is 0 Å². The van der Waals surface area contributed by atoms with E-state index in [4.69, 9.17) is 4.74 Å². The van der Waals surface area contributed by atoms with Gasteiger partial charge in [0.05, 0.1) is 5.69 Å². The number of fused-ring (bicyclic) bond motifs is 2. The molecule has 7 nitrogen and oxygen atoms in total. The minimum Gasteiger partial charge on any atom is -0.471 e. The Morgan fingerprint density at radius 1 is 0.964 bits per heavy atom. The topological polar surface area (TPSA) is 84.0 Å². The maximum Gasteiger partial charge on any atom is 0.229 e. The first-order chi connectivity index (χ1) is 13.7. The first-order valence-electron chi connectivity index (χ1n) is 8.97. The molecular weight excluding hydrogens is 352 g/mol. The Hall–Kier alpha value is -3.87. The number of hydrogen-bond acceptors (Lipinski definition) is 7. The fourth-order valence-corrected chi connectivity index (χ4v) is 3.12. The number of benzene rings is 2. The molecular formula is C21H18N6O. The summed E-state index contributed by atoms with van der Waals surface area (Å²) in [7, 11) is 0. The molecule has 138 valence electrons. The van der Waals surface area contributed by atoms with Gasteiger partial charge in [-0.05, 0) is 48.7 Å². The lowest BCUT2D eigenvalue weighted by molar-refractivity contribution is 0.372. The first-order valence-corrected chi connectivity index (χ1v) is 8.97. The van der Waals surface area contributed by atoms with Crippen LogP contribution >= 0.6 is 0 Å². The molecule has 2 aromatic heterocycles. The zero-order chi connectivity index (χ0) is 18.9. The molecule has 1 aliphatic rings. The Balaban J connectivity index is 1.40. The van der Waals surface area contributed by atoms with Gasteiger partial charge in [0, 0.05) is 40.9 Å². The number of hydrogen-bond donors (Lipinski definition) is 3. The van der Waals surface area contributed by atoms with Gasteiger partial charge in [-0.15, -0.1) is 0 Å². The zero-order valence-corrected chi connectivity index (χ0v) is 15.2. The molecule has 1 aliphatic heterocycles. The van der Waals surface area contributed by atoms with E-state index in [1.54, 1.807) is 12.4 Å². The highest BCUT2D eigenvalue weighted by Crippen LogP contribution is 2.33. The lowest BCUT2D eigenvalue weighted by Crippen LogP contribution is -2.03. The van der Waals surface area contributed by atoms with Gasteiger partial charge in [-0.25, -0.2) is 4.98 Å². The van der Waals surface area contributed by atoms with E-state index in [0.717, 1.165) is 45.0 Å². The summed E-state index contributed by atoms with van der Waals surface area (Å²) in [6, 6.07) is 14.0. The molecule has 0 saturated carbocycles. The summed E-state index contributed by atoms with van der Waals surface area (Å²) in [5.74, 6) is 2.14. The molecule has 0 atom stereocenters. The van der Waals surface area contributed by atoms with E-state index in [1.807, 2.05) is 55.6 Å². The number of anilines is 5. The Bertz CT molecular complexity index is 1180. The molecule has 0 unspecified atom stereocenters. The standard InChI is InChI=1S/C21H18N6O/c1-13-10-23-21(26-16-3-2-14-6-7-22-11-15(14)8-16)27-20(13)25-17-4-5-19-18(9-17)24-12-28-19/h2-11,24H,12H2,1H3,(H2,23,25,26,27). The van der Waals surface area contributed by atoms with Gasteiger partial charge in [0.15, 0.2) is 6.73 Å². The Labute approximate surface area is 161 Å². The first kappa shape index (κ1) is 16.3. The molecule has 5 rings (SSSR count). The minimum atomic E-state index is 0.501. The second-order valence-corrected chi connectivity index (χ2v) is 6.59. The third kappa shape index (κ3) is 3.14. The number of pyridine rings is 1. The van der Waals surface area contributed by atoms with E-state index >= 15 is 0 Å². The maximum absolute atomic E-state index is 5.46. The van der Waals surface area contributed by atoms with Crippen LogP contribution in [0.15, 0.2) is 61.1 Å². The molecule has 4 aromatic rings. The number of aromatic nitrogens is 3. The molecule has 0 fully saturated rings. The number of nitrogens with one attached hydrogen (secondary N) is 3. The molecule has 0 saturated heterocycles. The summed E-state index contributed by atoms with van der Waals surface area (Å²) >= 11 is 0. The van der Waals surface area contributed by atoms with E-state index in [2.05, 4.69) is 30.9 Å². The van der Waals surface area contributed by atoms with Crippen molar-refractivity contribution in [1.82, 2.24) is 15.0 Å². The fourth-order valence-electron chi connectivity index (χ4n) is 3.12. The van der Waals surface area contributed by atoms with Crippen LogP contribution < -0.4 is 20.7 Å². The van der Waals surface area contributed by atoms with Crippen LogP contribution in [0.2, 0.25) is 0 Å². The van der Waals surface area contributed by atoms with Crippen LogP contribution in [0.4, 0.5) is 28.8 Å². The molecule has 0 radical (unpaired) electrons. The van der Waals surface area contributed by atoms with E-state index in [1.165, 1.54) is 0 Å².